The van der Waals surface area contributed by atoms with Gasteiger partial charge >= 0.3 is 0 Å². The van der Waals surface area contributed by atoms with Gasteiger partial charge in [0.15, 0.2) is 0 Å². The molecule has 0 unspecified atom stereocenters. The zero-order chi connectivity index (χ0) is 11.4. The van der Waals surface area contributed by atoms with Crippen LogP contribution in [0, 0.1) is 0 Å². The van der Waals surface area contributed by atoms with E-state index < -0.39 is 0 Å². The summed E-state index contributed by atoms with van der Waals surface area (Å²) in [5, 5.41) is 1.17. The number of benzene rings is 1. The Kier molecular flexibility index (Phi) is 3.67. The molecular formula is C13H15NOS. The Bertz CT molecular complexity index is 502. The van der Waals surface area contributed by atoms with Crippen molar-refractivity contribution in [2.45, 2.75) is 19.8 Å². The summed E-state index contributed by atoms with van der Waals surface area (Å²) in [7, 11) is 0. The Morgan fingerprint density at radius 3 is 2.94 bits per heavy atom. The number of thiol groups is 1. The summed E-state index contributed by atoms with van der Waals surface area (Å²) in [4.78, 5) is 4.28. The van der Waals surface area contributed by atoms with E-state index in [4.69, 9.17) is 4.42 Å². The van der Waals surface area contributed by atoms with E-state index in [-0.39, 0.29) is 0 Å². The lowest BCUT2D eigenvalue weighted by Gasteiger charge is -1.97. The minimum absolute atomic E-state index is 0.741. The van der Waals surface area contributed by atoms with Crippen LogP contribution < -0.4 is 0 Å². The molecule has 0 atom stereocenters. The van der Waals surface area contributed by atoms with Gasteiger partial charge in [-0.3, -0.25) is 0 Å². The second kappa shape index (κ2) is 5.21. The van der Waals surface area contributed by atoms with Crippen molar-refractivity contribution in [1.29, 1.82) is 0 Å². The summed E-state index contributed by atoms with van der Waals surface area (Å²) < 4.78 is 5.71. The van der Waals surface area contributed by atoms with Crippen molar-refractivity contribution < 1.29 is 4.42 Å². The first-order valence-electron chi connectivity index (χ1n) is 5.46. The van der Waals surface area contributed by atoms with Gasteiger partial charge in [-0.1, -0.05) is 18.2 Å². The van der Waals surface area contributed by atoms with Crippen LogP contribution >= 0.6 is 12.6 Å². The van der Waals surface area contributed by atoms with E-state index in [2.05, 4.69) is 23.7 Å². The van der Waals surface area contributed by atoms with Gasteiger partial charge in [0.25, 0.3) is 0 Å². The van der Waals surface area contributed by atoms with E-state index in [1.807, 2.05) is 25.1 Å². The summed E-state index contributed by atoms with van der Waals surface area (Å²) in [6.45, 7) is 1.90. The third-order valence-electron chi connectivity index (χ3n) is 2.51. The van der Waals surface area contributed by atoms with Gasteiger partial charge in [-0.15, -0.1) is 0 Å². The number of aryl methyl sites for hydroxylation is 1. The molecule has 1 aromatic carbocycles. The van der Waals surface area contributed by atoms with Crippen LogP contribution in [-0.4, -0.2) is 12.0 Å². The van der Waals surface area contributed by atoms with Gasteiger partial charge < -0.3 is 4.42 Å². The second-order valence-corrected chi connectivity index (χ2v) is 4.04. The summed E-state index contributed by atoms with van der Waals surface area (Å²) in [5.74, 6) is 1.62. The van der Waals surface area contributed by atoms with Crippen molar-refractivity contribution in [2.24, 2.45) is 4.99 Å². The summed E-state index contributed by atoms with van der Waals surface area (Å²) in [6.07, 6.45) is 3.77. The highest BCUT2D eigenvalue weighted by Gasteiger charge is 2.11. The number of furan rings is 1. The van der Waals surface area contributed by atoms with E-state index in [9.17, 15) is 0 Å². The maximum Gasteiger partial charge on any atom is 0.222 e. The molecule has 0 N–H and O–H groups in total. The molecule has 0 saturated carbocycles. The Hall–Kier alpha value is -1.22. The summed E-state index contributed by atoms with van der Waals surface area (Å²) in [5.41, 5.74) is 2.11. The molecule has 0 amide bonds. The van der Waals surface area contributed by atoms with Gasteiger partial charge in [0.2, 0.25) is 5.88 Å². The molecule has 3 heteroatoms. The van der Waals surface area contributed by atoms with Crippen LogP contribution in [0.15, 0.2) is 33.7 Å². The SMILES string of the molecule is C/C=N\c1oc2ccccc2c1CCCS. The van der Waals surface area contributed by atoms with E-state index in [0.717, 1.165) is 30.1 Å². The second-order valence-electron chi connectivity index (χ2n) is 3.60. The van der Waals surface area contributed by atoms with E-state index >= 15 is 0 Å². The topological polar surface area (TPSA) is 25.5 Å². The molecule has 2 rings (SSSR count). The third-order valence-corrected chi connectivity index (χ3v) is 2.82. The maximum absolute atomic E-state index is 5.71. The highest BCUT2D eigenvalue weighted by atomic mass is 32.1. The fraction of sp³-hybridized carbons (Fsp3) is 0.308. The average molecular weight is 233 g/mol. The zero-order valence-corrected chi connectivity index (χ0v) is 10.2. The molecule has 1 aromatic heterocycles. The van der Waals surface area contributed by atoms with Gasteiger partial charge in [-0.25, -0.2) is 4.99 Å². The maximum atomic E-state index is 5.71. The van der Waals surface area contributed by atoms with Crippen LogP contribution in [0.3, 0.4) is 0 Å². The molecule has 0 bridgehead atoms. The van der Waals surface area contributed by atoms with Crippen molar-refractivity contribution in [2.75, 3.05) is 5.75 Å². The molecule has 0 radical (unpaired) electrons. The van der Waals surface area contributed by atoms with Crippen LogP contribution in [0.2, 0.25) is 0 Å². The smallest absolute Gasteiger partial charge is 0.222 e. The predicted molar refractivity (Wildman–Crippen MR) is 72.2 cm³/mol. The molecule has 16 heavy (non-hydrogen) atoms. The number of aliphatic imine (C=N–C) groups is 1. The van der Waals surface area contributed by atoms with Crippen molar-refractivity contribution in [3.05, 3.63) is 29.8 Å². The minimum Gasteiger partial charge on any atom is -0.438 e. The van der Waals surface area contributed by atoms with Crippen molar-refractivity contribution in [3.8, 4) is 0 Å². The summed E-state index contributed by atoms with van der Waals surface area (Å²) in [6, 6.07) is 8.07. The van der Waals surface area contributed by atoms with Crippen LogP contribution in [0.5, 0.6) is 0 Å². The van der Waals surface area contributed by atoms with Gasteiger partial charge in [0, 0.05) is 17.2 Å². The molecule has 0 fully saturated rings. The lowest BCUT2D eigenvalue weighted by atomic mass is 10.1. The highest BCUT2D eigenvalue weighted by Crippen LogP contribution is 2.32. The normalized spacial score (nSPS) is 11.6. The molecule has 2 aromatic rings. The van der Waals surface area contributed by atoms with Crippen LogP contribution in [0.25, 0.3) is 11.0 Å². The quantitative estimate of drug-likeness (QED) is 0.626. The van der Waals surface area contributed by atoms with Crippen LogP contribution in [0.1, 0.15) is 18.9 Å². The van der Waals surface area contributed by atoms with E-state index in [0.29, 0.717) is 0 Å². The van der Waals surface area contributed by atoms with Crippen LogP contribution in [-0.2, 0) is 6.42 Å². The molecule has 0 aliphatic rings. The fourth-order valence-electron chi connectivity index (χ4n) is 1.80. The molecular weight excluding hydrogens is 218 g/mol. The number of hydrogen-bond acceptors (Lipinski definition) is 3. The Morgan fingerprint density at radius 2 is 2.19 bits per heavy atom. The van der Waals surface area contributed by atoms with Crippen molar-refractivity contribution in [1.82, 2.24) is 0 Å². The molecule has 84 valence electrons. The zero-order valence-electron chi connectivity index (χ0n) is 9.31. The van der Waals surface area contributed by atoms with Gasteiger partial charge in [0.1, 0.15) is 5.58 Å². The Balaban J connectivity index is 2.50. The molecule has 0 aliphatic carbocycles. The number of nitrogens with zero attached hydrogens (tertiary/aromatic N) is 1. The predicted octanol–water partition coefficient (Wildman–Crippen LogP) is 4.02. The molecule has 0 saturated heterocycles. The molecule has 0 aliphatic heterocycles. The third kappa shape index (κ3) is 2.14. The Morgan fingerprint density at radius 1 is 1.38 bits per heavy atom. The average Bonchev–Trinajstić information content (AvgIpc) is 2.65. The fourth-order valence-corrected chi connectivity index (χ4v) is 1.96. The molecule has 1 heterocycles. The monoisotopic (exact) mass is 233 g/mol. The number of para-hydroxylation sites is 1. The molecule has 2 nitrogen and oxygen atoms in total. The van der Waals surface area contributed by atoms with Gasteiger partial charge in [-0.05, 0) is 31.6 Å². The number of hydrogen-bond donors (Lipinski definition) is 1. The standard InChI is InChI=1S/C13H15NOS/c1-2-14-13-11(7-5-9-16)10-6-3-4-8-12(10)15-13/h2-4,6,8,16H,5,7,9H2,1H3/b14-2-. The first-order chi connectivity index (χ1) is 7.86. The van der Waals surface area contributed by atoms with Crippen molar-refractivity contribution in [3.63, 3.8) is 0 Å². The summed E-state index contributed by atoms with van der Waals surface area (Å²) >= 11 is 4.24. The van der Waals surface area contributed by atoms with Gasteiger partial charge in [-0.2, -0.15) is 12.6 Å². The number of rotatable bonds is 4. The van der Waals surface area contributed by atoms with Gasteiger partial charge in [0.05, 0.1) is 0 Å². The highest BCUT2D eigenvalue weighted by molar-refractivity contribution is 7.80. The lowest BCUT2D eigenvalue weighted by Crippen LogP contribution is -1.85. The van der Waals surface area contributed by atoms with Crippen molar-refractivity contribution >= 4 is 35.7 Å². The number of fused-ring (bicyclic) bond motifs is 1. The Labute approximate surface area is 101 Å². The first-order valence-corrected chi connectivity index (χ1v) is 6.10. The first kappa shape index (κ1) is 11.3. The minimum atomic E-state index is 0.741. The van der Waals surface area contributed by atoms with E-state index in [1.54, 1.807) is 6.21 Å². The van der Waals surface area contributed by atoms with E-state index in [1.165, 1.54) is 10.9 Å². The molecule has 0 spiro atoms. The lowest BCUT2D eigenvalue weighted by molar-refractivity contribution is 0.620. The van der Waals surface area contributed by atoms with Crippen LogP contribution in [0.4, 0.5) is 5.88 Å². The largest absolute Gasteiger partial charge is 0.438 e.